The zero-order chi connectivity index (χ0) is 13.7. The number of nitrogens with one attached hydrogen (secondary N) is 1. The van der Waals surface area contributed by atoms with Gasteiger partial charge in [-0.25, -0.2) is 0 Å². The number of nitrogens with two attached hydrogens (primary N) is 1. The second-order valence-electron chi connectivity index (χ2n) is 4.24. The number of benzene rings is 1. The molecule has 0 aliphatic heterocycles. The molecule has 0 amide bonds. The fraction of sp³-hybridized carbons (Fsp3) is 0.500. The minimum absolute atomic E-state index is 0.118. The molecule has 0 radical (unpaired) electrons. The van der Waals surface area contributed by atoms with Crippen LogP contribution in [0.5, 0.6) is 0 Å². The molecule has 3 N–H and O–H groups in total. The highest BCUT2D eigenvalue weighted by molar-refractivity contribution is 9.10. The van der Waals surface area contributed by atoms with Gasteiger partial charge < -0.3 is 11.1 Å². The van der Waals surface area contributed by atoms with Crippen molar-refractivity contribution >= 4 is 27.3 Å². The SMILES string of the molecule is CCCC(CN)Nc1cc(C)c([N+](=O)[O-])cc1Br. The highest BCUT2D eigenvalue weighted by atomic mass is 79.9. The zero-order valence-corrected chi connectivity index (χ0v) is 12.2. The molecule has 5 nitrogen and oxygen atoms in total. The monoisotopic (exact) mass is 315 g/mol. The number of hydrogen-bond donors (Lipinski definition) is 2. The van der Waals surface area contributed by atoms with Crippen molar-refractivity contribution in [2.45, 2.75) is 32.7 Å². The minimum atomic E-state index is -0.379. The van der Waals surface area contributed by atoms with Crippen molar-refractivity contribution in [2.24, 2.45) is 5.73 Å². The van der Waals surface area contributed by atoms with E-state index in [4.69, 9.17) is 5.73 Å². The predicted molar refractivity (Wildman–Crippen MR) is 76.9 cm³/mol. The molecule has 1 unspecified atom stereocenters. The number of nitro benzene ring substituents is 1. The number of halogens is 1. The Morgan fingerprint density at radius 1 is 1.56 bits per heavy atom. The Labute approximate surface area is 115 Å². The van der Waals surface area contributed by atoms with Crippen molar-refractivity contribution in [3.05, 3.63) is 32.3 Å². The molecule has 1 aromatic rings. The van der Waals surface area contributed by atoms with Crippen LogP contribution in [0.2, 0.25) is 0 Å². The Balaban J connectivity index is 2.97. The molecule has 0 spiro atoms. The lowest BCUT2D eigenvalue weighted by molar-refractivity contribution is -0.385. The predicted octanol–water partition coefficient (Wildman–Crippen LogP) is 3.21. The topological polar surface area (TPSA) is 81.2 Å². The van der Waals surface area contributed by atoms with Gasteiger partial charge in [-0.05, 0) is 35.3 Å². The summed E-state index contributed by atoms with van der Waals surface area (Å²) in [6.45, 7) is 4.36. The van der Waals surface area contributed by atoms with E-state index >= 15 is 0 Å². The standard InChI is InChI=1S/C12H18BrN3O2/c1-3-4-9(7-14)15-11-5-8(2)12(16(17)18)6-10(11)13/h5-6,9,15H,3-4,7,14H2,1-2H3. The van der Waals surface area contributed by atoms with Crippen LogP contribution < -0.4 is 11.1 Å². The van der Waals surface area contributed by atoms with E-state index < -0.39 is 0 Å². The van der Waals surface area contributed by atoms with E-state index in [0.29, 0.717) is 16.6 Å². The van der Waals surface area contributed by atoms with Crippen molar-refractivity contribution < 1.29 is 4.92 Å². The Bertz CT molecular complexity index is 438. The van der Waals surface area contributed by atoms with Crippen LogP contribution >= 0.6 is 15.9 Å². The van der Waals surface area contributed by atoms with Gasteiger partial charge in [-0.1, -0.05) is 13.3 Å². The van der Waals surface area contributed by atoms with E-state index in [1.54, 1.807) is 13.0 Å². The molecular formula is C12H18BrN3O2. The molecule has 0 saturated carbocycles. The Kier molecular flexibility index (Phi) is 5.55. The summed E-state index contributed by atoms with van der Waals surface area (Å²) in [5.41, 5.74) is 7.29. The molecule has 6 heteroatoms. The summed E-state index contributed by atoms with van der Waals surface area (Å²) in [5.74, 6) is 0. The molecule has 0 saturated heterocycles. The highest BCUT2D eigenvalue weighted by Crippen LogP contribution is 2.31. The van der Waals surface area contributed by atoms with Gasteiger partial charge in [-0.2, -0.15) is 0 Å². The lowest BCUT2D eigenvalue weighted by atomic mass is 10.1. The lowest BCUT2D eigenvalue weighted by Crippen LogP contribution is -2.28. The number of nitro groups is 1. The van der Waals surface area contributed by atoms with Crippen LogP contribution in [0.4, 0.5) is 11.4 Å². The molecule has 0 fully saturated rings. The first-order valence-corrected chi connectivity index (χ1v) is 6.70. The zero-order valence-electron chi connectivity index (χ0n) is 10.6. The van der Waals surface area contributed by atoms with E-state index in [1.807, 2.05) is 0 Å². The summed E-state index contributed by atoms with van der Waals surface area (Å²) in [6, 6.07) is 3.49. The Morgan fingerprint density at radius 2 is 2.22 bits per heavy atom. The van der Waals surface area contributed by atoms with Crippen LogP contribution in [-0.2, 0) is 0 Å². The maximum Gasteiger partial charge on any atom is 0.273 e. The Hall–Kier alpha value is -1.14. The van der Waals surface area contributed by atoms with Crippen LogP contribution in [0.3, 0.4) is 0 Å². The van der Waals surface area contributed by atoms with E-state index in [0.717, 1.165) is 18.5 Å². The van der Waals surface area contributed by atoms with Crippen LogP contribution in [0.25, 0.3) is 0 Å². The van der Waals surface area contributed by atoms with Gasteiger partial charge in [-0.3, -0.25) is 10.1 Å². The van der Waals surface area contributed by atoms with E-state index in [2.05, 4.69) is 28.2 Å². The molecule has 0 aliphatic rings. The maximum absolute atomic E-state index is 10.8. The molecule has 0 bridgehead atoms. The minimum Gasteiger partial charge on any atom is -0.380 e. The van der Waals surface area contributed by atoms with Gasteiger partial charge in [-0.15, -0.1) is 0 Å². The quantitative estimate of drug-likeness (QED) is 0.624. The largest absolute Gasteiger partial charge is 0.380 e. The second kappa shape index (κ2) is 6.70. The average molecular weight is 316 g/mol. The molecule has 1 aromatic carbocycles. The maximum atomic E-state index is 10.8. The van der Waals surface area contributed by atoms with Crippen LogP contribution in [0, 0.1) is 17.0 Å². The van der Waals surface area contributed by atoms with Gasteiger partial charge in [0.25, 0.3) is 5.69 Å². The summed E-state index contributed by atoms with van der Waals surface area (Å²) in [7, 11) is 0. The summed E-state index contributed by atoms with van der Waals surface area (Å²) in [6.07, 6.45) is 2.01. The van der Waals surface area contributed by atoms with Gasteiger partial charge in [0.05, 0.1) is 4.92 Å². The fourth-order valence-corrected chi connectivity index (χ4v) is 2.24. The smallest absolute Gasteiger partial charge is 0.273 e. The summed E-state index contributed by atoms with van der Waals surface area (Å²) in [5, 5.41) is 14.1. The number of aryl methyl sites for hydroxylation is 1. The van der Waals surface area contributed by atoms with Gasteiger partial charge in [0.2, 0.25) is 0 Å². The lowest BCUT2D eigenvalue weighted by Gasteiger charge is -2.18. The van der Waals surface area contributed by atoms with Crippen LogP contribution in [0.15, 0.2) is 16.6 Å². The highest BCUT2D eigenvalue weighted by Gasteiger charge is 2.15. The van der Waals surface area contributed by atoms with Crippen LogP contribution in [0.1, 0.15) is 25.3 Å². The molecule has 0 heterocycles. The van der Waals surface area contributed by atoms with Crippen molar-refractivity contribution in [3.8, 4) is 0 Å². The van der Waals surface area contributed by atoms with Gasteiger partial charge in [0, 0.05) is 34.4 Å². The number of nitrogens with zero attached hydrogens (tertiary/aromatic N) is 1. The van der Waals surface area contributed by atoms with Crippen LogP contribution in [-0.4, -0.2) is 17.5 Å². The van der Waals surface area contributed by atoms with Gasteiger partial charge in [0.15, 0.2) is 0 Å². The third-order valence-corrected chi connectivity index (χ3v) is 3.42. The summed E-state index contributed by atoms with van der Waals surface area (Å²) in [4.78, 5) is 10.4. The van der Waals surface area contributed by atoms with Gasteiger partial charge >= 0.3 is 0 Å². The van der Waals surface area contributed by atoms with Crippen molar-refractivity contribution in [3.63, 3.8) is 0 Å². The first kappa shape index (κ1) is 14.9. The Morgan fingerprint density at radius 3 is 2.72 bits per heavy atom. The van der Waals surface area contributed by atoms with Crippen molar-refractivity contribution in [1.29, 1.82) is 0 Å². The number of hydrogen-bond acceptors (Lipinski definition) is 4. The van der Waals surface area contributed by atoms with E-state index in [9.17, 15) is 10.1 Å². The normalized spacial score (nSPS) is 12.2. The average Bonchev–Trinajstić information content (AvgIpc) is 2.32. The first-order valence-electron chi connectivity index (χ1n) is 5.90. The third kappa shape index (κ3) is 3.68. The summed E-state index contributed by atoms with van der Waals surface area (Å²) < 4.78 is 0.689. The number of rotatable bonds is 6. The molecule has 1 atom stereocenters. The molecular weight excluding hydrogens is 298 g/mol. The van der Waals surface area contributed by atoms with E-state index in [1.165, 1.54) is 6.07 Å². The molecule has 1 rings (SSSR count). The van der Waals surface area contributed by atoms with Crippen molar-refractivity contribution in [2.75, 3.05) is 11.9 Å². The third-order valence-electron chi connectivity index (χ3n) is 2.76. The fourth-order valence-electron chi connectivity index (χ4n) is 1.80. The molecule has 0 aromatic heterocycles. The summed E-state index contributed by atoms with van der Waals surface area (Å²) >= 11 is 3.35. The van der Waals surface area contributed by atoms with E-state index in [-0.39, 0.29) is 16.7 Å². The molecule has 0 aliphatic carbocycles. The first-order chi connectivity index (χ1) is 8.49. The number of anilines is 1. The second-order valence-corrected chi connectivity index (χ2v) is 5.10. The molecule has 18 heavy (non-hydrogen) atoms. The van der Waals surface area contributed by atoms with Crippen molar-refractivity contribution in [1.82, 2.24) is 0 Å². The molecule has 100 valence electrons. The van der Waals surface area contributed by atoms with Gasteiger partial charge in [0.1, 0.15) is 0 Å².